The lowest BCUT2D eigenvalue weighted by molar-refractivity contribution is -0.161. The van der Waals surface area contributed by atoms with Gasteiger partial charge in [0.15, 0.2) is 12.2 Å². The average molecular weight is 1300 g/mol. The van der Waals surface area contributed by atoms with Crippen molar-refractivity contribution in [1.82, 2.24) is 0 Å². The second kappa shape index (κ2) is 58.8. The SMILES string of the molecule is CCC(C)CCCCCCCCCCCCCCCCC(=O)O[C@H](COC(=O)CCCCCCCCCC(C)C)COP(=O)(O)OCC(O)COP(=O)(O)OC[C@@H](COC(=O)CCCCCCCCCCC(C)C)OC(=O)CCCCCCCCC(C)C. The quantitative estimate of drug-likeness (QED) is 0.0222. The molecule has 0 spiro atoms. The molecule has 88 heavy (non-hydrogen) atoms. The Morgan fingerprint density at radius 2 is 0.545 bits per heavy atom. The molecule has 0 amide bonds. The summed E-state index contributed by atoms with van der Waals surface area (Å²) in [5.41, 5.74) is 0. The van der Waals surface area contributed by atoms with Gasteiger partial charge in [-0.3, -0.25) is 37.3 Å². The van der Waals surface area contributed by atoms with Gasteiger partial charge in [0.25, 0.3) is 0 Å². The predicted octanol–water partition coefficient (Wildman–Crippen LogP) is 19.3. The number of rotatable bonds is 66. The topological polar surface area (TPSA) is 237 Å². The van der Waals surface area contributed by atoms with Gasteiger partial charge in [-0.05, 0) is 49.4 Å². The molecule has 19 heteroatoms. The van der Waals surface area contributed by atoms with Crippen molar-refractivity contribution in [2.24, 2.45) is 23.7 Å². The van der Waals surface area contributed by atoms with Crippen LogP contribution in [0.5, 0.6) is 0 Å². The molecule has 0 aliphatic rings. The highest BCUT2D eigenvalue weighted by Gasteiger charge is 2.30. The number of aliphatic hydroxyl groups excluding tert-OH is 1. The number of hydrogen-bond donors (Lipinski definition) is 3. The molecular formula is C69H134O17P2. The maximum atomic E-state index is 13.0. The summed E-state index contributed by atoms with van der Waals surface area (Å²) in [5.74, 6) is 0.810. The zero-order valence-electron chi connectivity index (χ0n) is 57.3. The van der Waals surface area contributed by atoms with Crippen LogP contribution in [0.2, 0.25) is 0 Å². The summed E-state index contributed by atoms with van der Waals surface area (Å²) >= 11 is 0. The Morgan fingerprint density at radius 3 is 0.807 bits per heavy atom. The zero-order valence-corrected chi connectivity index (χ0v) is 59.1. The molecular weight excluding hydrogens is 1160 g/mol. The Labute approximate surface area is 537 Å². The van der Waals surface area contributed by atoms with Crippen molar-refractivity contribution in [1.29, 1.82) is 0 Å². The van der Waals surface area contributed by atoms with Crippen LogP contribution in [0.15, 0.2) is 0 Å². The summed E-state index contributed by atoms with van der Waals surface area (Å²) in [5, 5.41) is 10.6. The molecule has 0 aliphatic carbocycles. The minimum Gasteiger partial charge on any atom is -0.462 e. The number of esters is 4. The minimum absolute atomic E-state index is 0.101. The summed E-state index contributed by atoms with van der Waals surface area (Å²) in [6, 6.07) is 0. The third kappa shape index (κ3) is 61.6. The highest BCUT2D eigenvalue weighted by molar-refractivity contribution is 7.47. The van der Waals surface area contributed by atoms with E-state index in [2.05, 4.69) is 55.4 Å². The van der Waals surface area contributed by atoms with E-state index in [1.54, 1.807) is 0 Å². The van der Waals surface area contributed by atoms with Crippen LogP contribution in [0.25, 0.3) is 0 Å². The first-order valence-corrected chi connectivity index (χ1v) is 38.7. The van der Waals surface area contributed by atoms with Crippen LogP contribution in [-0.4, -0.2) is 96.7 Å². The molecule has 0 fully saturated rings. The number of hydrogen-bond acceptors (Lipinski definition) is 15. The summed E-state index contributed by atoms with van der Waals surface area (Å²) in [6.07, 6.45) is 40.6. The van der Waals surface area contributed by atoms with E-state index in [9.17, 15) is 43.2 Å². The highest BCUT2D eigenvalue weighted by atomic mass is 31.2. The fraction of sp³-hybridized carbons (Fsp3) is 0.942. The molecule has 0 saturated heterocycles. The van der Waals surface area contributed by atoms with E-state index in [4.69, 9.17) is 37.0 Å². The lowest BCUT2D eigenvalue weighted by Gasteiger charge is -2.21. The Morgan fingerprint density at radius 1 is 0.318 bits per heavy atom. The monoisotopic (exact) mass is 1300 g/mol. The maximum absolute atomic E-state index is 13.0. The van der Waals surface area contributed by atoms with Crippen LogP contribution >= 0.6 is 15.6 Å². The third-order valence-corrected chi connectivity index (χ3v) is 18.1. The highest BCUT2D eigenvalue weighted by Crippen LogP contribution is 2.45. The maximum Gasteiger partial charge on any atom is 0.472 e. The van der Waals surface area contributed by atoms with Gasteiger partial charge in [-0.2, -0.15) is 0 Å². The van der Waals surface area contributed by atoms with E-state index in [1.807, 2.05) is 0 Å². The Hall–Kier alpha value is -1.94. The van der Waals surface area contributed by atoms with Crippen molar-refractivity contribution in [3.05, 3.63) is 0 Å². The summed E-state index contributed by atoms with van der Waals surface area (Å²) < 4.78 is 68.1. The van der Waals surface area contributed by atoms with Gasteiger partial charge < -0.3 is 33.8 Å². The Bertz CT molecular complexity index is 1750. The summed E-state index contributed by atoms with van der Waals surface area (Å²) in [7, 11) is -9.90. The van der Waals surface area contributed by atoms with Gasteiger partial charge in [0, 0.05) is 25.7 Å². The number of aliphatic hydroxyl groups is 1. The summed E-state index contributed by atoms with van der Waals surface area (Å²) in [4.78, 5) is 72.4. The number of phosphoric ester groups is 2. The third-order valence-electron chi connectivity index (χ3n) is 16.2. The van der Waals surface area contributed by atoms with Gasteiger partial charge >= 0.3 is 39.5 Å². The molecule has 0 aromatic carbocycles. The lowest BCUT2D eigenvalue weighted by atomic mass is 9.99. The predicted molar refractivity (Wildman–Crippen MR) is 354 cm³/mol. The molecule has 0 aromatic heterocycles. The van der Waals surface area contributed by atoms with Gasteiger partial charge in [0.1, 0.15) is 19.3 Å². The fourth-order valence-electron chi connectivity index (χ4n) is 10.3. The van der Waals surface area contributed by atoms with Crippen molar-refractivity contribution in [3.63, 3.8) is 0 Å². The standard InChI is InChI=1S/C69H134O17P2/c1-9-62(8)48-40-32-23-16-14-12-10-11-13-15-17-25-35-43-51-68(73)85-64(55-80-67(72)50-42-34-26-20-22-30-38-46-60(4)5)57-83-87(75,76)81-53-63(70)54-82-88(77,78)84-58-65(86-69(74)52-44-36-28-27-31-39-47-61(6)7)56-79-66(71)49-41-33-24-19-18-21-29-37-45-59(2)3/h59-65,70H,9-58H2,1-8H3,(H,75,76)(H,77,78)/t62?,63?,64-,65-/m1/s1. The first kappa shape index (κ1) is 86.1. The van der Waals surface area contributed by atoms with Crippen molar-refractivity contribution >= 4 is 39.5 Å². The van der Waals surface area contributed by atoms with Crippen LogP contribution < -0.4 is 0 Å². The Kier molecular flexibility index (Phi) is 57.6. The van der Waals surface area contributed by atoms with Crippen LogP contribution in [0, 0.1) is 23.7 Å². The van der Waals surface area contributed by atoms with Crippen molar-refractivity contribution in [3.8, 4) is 0 Å². The minimum atomic E-state index is -4.95. The molecule has 3 N–H and O–H groups in total. The smallest absolute Gasteiger partial charge is 0.462 e. The van der Waals surface area contributed by atoms with Crippen molar-refractivity contribution in [2.45, 2.75) is 356 Å². The van der Waals surface area contributed by atoms with Gasteiger partial charge in [-0.15, -0.1) is 0 Å². The molecule has 0 heterocycles. The largest absolute Gasteiger partial charge is 0.472 e. The van der Waals surface area contributed by atoms with Crippen LogP contribution in [-0.2, 0) is 65.4 Å². The molecule has 0 radical (unpaired) electrons. The van der Waals surface area contributed by atoms with E-state index in [0.29, 0.717) is 37.5 Å². The van der Waals surface area contributed by atoms with Crippen molar-refractivity contribution < 1.29 is 80.2 Å². The number of phosphoric acid groups is 2. The van der Waals surface area contributed by atoms with Crippen LogP contribution in [0.3, 0.4) is 0 Å². The normalized spacial score (nSPS) is 14.6. The molecule has 0 aromatic rings. The van der Waals surface area contributed by atoms with Gasteiger partial charge in [-0.1, -0.05) is 287 Å². The molecule has 17 nitrogen and oxygen atoms in total. The van der Waals surface area contributed by atoms with E-state index in [-0.39, 0.29) is 25.7 Å². The van der Waals surface area contributed by atoms with Gasteiger partial charge in [0.05, 0.1) is 26.4 Å². The molecule has 0 saturated carbocycles. The van der Waals surface area contributed by atoms with Crippen molar-refractivity contribution in [2.75, 3.05) is 39.6 Å². The second-order valence-electron chi connectivity index (χ2n) is 26.6. The number of carbonyl (C=O) groups is 4. The number of ether oxygens (including phenoxy) is 4. The second-order valence-corrected chi connectivity index (χ2v) is 29.5. The molecule has 0 aliphatic heterocycles. The van der Waals surface area contributed by atoms with Gasteiger partial charge in [-0.25, -0.2) is 9.13 Å². The Balaban J connectivity index is 5.20. The molecule has 522 valence electrons. The molecule has 0 bridgehead atoms. The fourth-order valence-corrected chi connectivity index (χ4v) is 11.9. The number of carbonyl (C=O) groups excluding carboxylic acids is 4. The van der Waals surface area contributed by atoms with E-state index < -0.39 is 97.5 Å². The molecule has 6 atom stereocenters. The van der Waals surface area contributed by atoms with E-state index in [0.717, 1.165) is 108 Å². The molecule has 4 unspecified atom stereocenters. The summed E-state index contributed by atoms with van der Waals surface area (Å²) in [6.45, 7) is 14.0. The number of unbranched alkanes of at least 4 members (excludes halogenated alkanes) is 31. The first-order valence-electron chi connectivity index (χ1n) is 35.7. The van der Waals surface area contributed by atoms with Crippen LogP contribution in [0.4, 0.5) is 0 Å². The first-order chi connectivity index (χ1) is 42.1. The zero-order chi connectivity index (χ0) is 65.4. The average Bonchev–Trinajstić information content (AvgIpc) is 3.57. The van der Waals surface area contributed by atoms with Gasteiger partial charge in [0.2, 0.25) is 0 Å². The molecule has 0 rings (SSSR count). The van der Waals surface area contributed by atoms with E-state index in [1.165, 1.54) is 135 Å². The van der Waals surface area contributed by atoms with Crippen LogP contribution in [0.1, 0.15) is 338 Å². The van der Waals surface area contributed by atoms with E-state index >= 15 is 0 Å². The lowest BCUT2D eigenvalue weighted by Crippen LogP contribution is -2.30.